The van der Waals surface area contributed by atoms with Crippen LogP contribution in [0.15, 0.2) is 0 Å². The average Bonchev–Trinajstić information content (AvgIpc) is 2.39. The second-order valence-corrected chi connectivity index (χ2v) is 5.81. The van der Waals surface area contributed by atoms with Gasteiger partial charge in [0, 0.05) is 10.7 Å². The van der Waals surface area contributed by atoms with Crippen LogP contribution in [-0.4, -0.2) is 19.2 Å². The van der Waals surface area contributed by atoms with Crippen molar-refractivity contribution in [1.29, 1.82) is 0 Å². The molecule has 2 nitrogen and oxygen atoms in total. The summed E-state index contributed by atoms with van der Waals surface area (Å²) in [6.07, 6.45) is 11.9. The zero-order valence-corrected chi connectivity index (χ0v) is 13.1. The molecule has 1 unspecified atom stereocenters. The Morgan fingerprint density at radius 1 is 0.889 bits per heavy atom. The van der Waals surface area contributed by atoms with Gasteiger partial charge < -0.3 is 0 Å². The second kappa shape index (κ2) is 14.8. The van der Waals surface area contributed by atoms with E-state index in [2.05, 4.69) is 6.92 Å². The molecule has 0 aliphatic carbocycles. The fraction of sp³-hybridized carbons (Fsp3) is 0.857. The van der Waals surface area contributed by atoms with Crippen LogP contribution in [0.3, 0.4) is 0 Å². The monoisotopic (exact) mass is 290 g/mol. The molecule has 0 saturated carbocycles. The molecule has 18 heavy (non-hydrogen) atoms. The molecule has 0 N–H and O–H groups in total. The van der Waals surface area contributed by atoms with Gasteiger partial charge in [-0.2, -0.15) is 0 Å². The zero-order valence-electron chi connectivity index (χ0n) is 11.4. The van der Waals surface area contributed by atoms with E-state index in [0.29, 0.717) is 28.4 Å². The number of unbranched alkanes of at least 4 members (excludes halogenated alkanes) is 5. The number of hydrogen-bond acceptors (Lipinski definition) is 2. The van der Waals surface area contributed by atoms with E-state index in [1.165, 1.54) is 44.9 Å². The maximum atomic E-state index is 10.4. The SMILES string of the molecule is CCCCCCCCC(CC=S=O)CCC=S=O. The number of hydrogen-bond donors (Lipinski definition) is 0. The van der Waals surface area contributed by atoms with Gasteiger partial charge in [-0.3, -0.25) is 0 Å². The van der Waals surface area contributed by atoms with Crippen molar-refractivity contribution in [2.24, 2.45) is 5.92 Å². The minimum atomic E-state index is 0.553. The summed E-state index contributed by atoms with van der Waals surface area (Å²) in [7, 11) is 0. The van der Waals surface area contributed by atoms with Gasteiger partial charge >= 0.3 is 0 Å². The highest BCUT2D eigenvalue weighted by atomic mass is 32.1. The Hall–Kier alpha value is -0.220. The first kappa shape index (κ1) is 17.8. The Kier molecular flexibility index (Phi) is 14.7. The summed E-state index contributed by atoms with van der Waals surface area (Å²) in [5.74, 6) is 0.584. The van der Waals surface area contributed by atoms with E-state index < -0.39 is 0 Å². The summed E-state index contributed by atoms with van der Waals surface area (Å²) in [4.78, 5) is 0. The number of rotatable bonds is 12. The molecular formula is C14H26O2S2. The molecule has 0 aromatic carbocycles. The molecule has 0 rings (SSSR count). The van der Waals surface area contributed by atoms with Crippen molar-refractivity contribution in [3.63, 3.8) is 0 Å². The third-order valence-corrected chi connectivity index (χ3v) is 3.92. The summed E-state index contributed by atoms with van der Waals surface area (Å²) >= 11 is 1.12. The van der Waals surface area contributed by atoms with E-state index >= 15 is 0 Å². The molecule has 0 spiro atoms. The normalized spacial score (nSPS) is 11.8. The molecule has 0 amide bonds. The molecule has 106 valence electrons. The molecule has 0 heterocycles. The van der Waals surface area contributed by atoms with Gasteiger partial charge in [0.05, 0.1) is 22.5 Å². The van der Waals surface area contributed by atoms with E-state index in [0.717, 1.165) is 19.3 Å². The lowest BCUT2D eigenvalue weighted by atomic mass is 9.94. The van der Waals surface area contributed by atoms with E-state index in [1.807, 2.05) is 0 Å². The first-order valence-electron chi connectivity index (χ1n) is 7.05. The van der Waals surface area contributed by atoms with Gasteiger partial charge in [0.1, 0.15) is 0 Å². The van der Waals surface area contributed by atoms with Crippen molar-refractivity contribution >= 4 is 33.2 Å². The average molecular weight is 290 g/mol. The zero-order chi connectivity index (χ0) is 13.5. The van der Waals surface area contributed by atoms with Crippen LogP contribution in [0.4, 0.5) is 0 Å². The largest absolute Gasteiger partial charge is 0.213 e. The van der Waals surface area contributed by atoms with Crippen molar-refractivity contribution in [2.45, 2.75) is 71.1 Å². The Balaban J connectivity index is 3.70. The fourth-order valence-electron chi connectivity index (χ4n) is 2.12. The molecule has 0 bridgehead atoms. The minimum absolute atomic E-state index is 0.553. The predicted molar refractivity (Wildman–Crippen MR) is 83.7 cm³/mol. The van der Waals surface area contributed by atoms with Gasteiger partial charge in [-0.1, -0.05) is 51.9 Å². The van der Waals surface area contributed by atoms with Gasteiger partial charge in [0.25, 0.3) is 0 Å². The molecule has 4 heteroatoms. The van der Waals surface area contributed by atoms with Gasteiger partial charge in [0.2, 0.25) is 0 Å². The van der Waals surface area contributed by atoms with Crippen LogP contribution >= 0.6 is 0 Å². The van der Waals surface area contributed by atoms with Crippen molar-refractivity contribution in [2.75, 3.05) is 0 Å². The second-order valence-electron chi connectivity index (χ2n) is 4.76. The molecule has 0 fully saturated rings. The highest BCUT2D eigenvalue weighted by molar-refractivity contribution is 7.65. The van der Waals surface area contributed by atoms with Gasteiger partial charge in [-0.25, -0.2) is 8.42 Å². The minimum Gasteiger partial charge on any atom is -0.213 e. The highest BCUT2D eigenvalue weighted by Crippen LogP contribution is 2.18. The van der Waals surface area contributed by atoms with Gasteiger partial charge in [-0.05, 0) is 25.2 Å². The van der Waals surface area contributed by atoms with E-state index in [-0.39, 0.29) is 0 Å². The van der Waals surface area contributed by atoms with Crippen LogP contribution in [-0.2, 0) is 22.5 Å². The van der Waals surface area contributed by atoms with E-state index in [4.69, 9.17) is 0 Å². The third kappa shape index (κ3) is 12.2. The standard InChI is InChI=1S/C14H26O2S2/c1-2-3-4-5-6-7-9-14(11-13-18-16)10-8-12-17-15/h12-14H,2-11H2,1H3. The van der Waals surface area contributed by atoms with Crippen LogP contribution in [0.1, 0.15) is 71.1 Å². The van der Waals surface area contributed by atoms with Gasteiger partial charge in [-0.15, -0.1) is 0 Å². The lowest BCUT2D eigenvalue weighted by Crippen LogP contribution is -2.02. The van der Waals surface area contributed by atoms with Crippen molar-refractivity contribution < 1.29 is 8.42 Å². The van der Waals surface area contributed by atoms with Crippen molar-refractivity contribution in [3.05, 3.63) is 0 Å². The van der Waals surface area contributed by atoms with Crippen LogP contribution in [0, 0.1) is 5.92 Å². The Morgan fingerprint density at radius 3 is 2.22 bits per heavy atom. The smallest absolute Gasteiger partial charge is 0.0841 e. The maximum Gasteiger partial charge on any atom is 0.0841 e. The molecule has 0 aromatic heterocycles. The fourth-order valence-corrected chi connectivity index (χ4v) is 2.70. The molecule has 1 atom stereocenters. The van der Waals surface area contributed by atoms with Crippen LogP contribution < -0.4 is 0 Å². The molecular weight excluding hydrogens is 264 g/mol. The van der Waals surface area contributed by atoms with E-state index in [9.17, 15) is 8.42 Å². The van der Waals surface area contributed by atoms with E-state index in [1.54, 1.807) is 10.7 Å². The van der Waals surface area contributed by atoms with Crippen LogP contribution in [0.2, 0.25) is 0 Å². The van der Waals surface area contributed by atoms with Crippen molar-refractivity contribution in [3.8, 4) is 0 Å². The van der Waals surface area contributed by atoms with Gasteiger partial charge in [0.15, 0.2) is 0 Å². The quantitative estimate of drug-likeness (QED) is 0.407. The lowest BCUT2D eigenvalue weighted by Gasteiger charge is -2.12. The summed E-state index contributed by atoms with van der Waals surface area (Å²) in [5, 5.41) is 3.48. The Labute approximate surface area is 119 Å². The third-order valence-electron chi connectivity index (χ3n) is 3.22. The topological polar surface area (TPSA) is 34.1 Å². The summed E-state index contributed by atoms with van der Waals surface area (Å²) < 4.78 is 20.7. The summed E-state index contributed by atoms with van der Waals surface area (Å²) in [5.41, 5.74) is 0. The molecule has 0 aromatic rings. The molecule has 0 saturated heterocycles. The Morgan fingerprint density at radius 2 is 1.56 bits per heavy atom. The first-order chi connectivity index (χ1) is 8.85. The maximum absolute atomic E-state index is 10.4. The molecule has 0 aliphatic heterocycles. The highest BCUT2D eigenvalue weighted by Gasteiger charge is 2.06. The molecule has 0 aliphatic rings. The lowest BCUT2D eigenvalue weighted by molar-refractivity contribution is 0.447. The summed E-state index contributed by atoms with van der Waals surface area (Å²) in [6, 6.07) is 0. The first-order valence-corrected chi connectivity index (χ1v) is 8.66. The van der Waals surface area contributed by atoms with Crippen LogP contribution in [0.5, 0.6) is 0 Å². The Bertz CT molecular complexity index is 280. The van der Waals surface area contributed by atoms with Crippen molar-refractivity contribution in [1.82, 2.24) is 0 Å². The molecule has 0 radical (unpaired) electrons. The summed E-state index contributed by atoms with van der Waals surface area (Å²) in [6.45, 7) is 2.23. The van der Waals surface area contributed by atoms with Crippen LogP contribution in [0.25, 0.3) is 0 Å². The predicted octanol–water partition coefficient (Wildman–Crippen LogP) is 3.55.